The quantitative estimate of drug-likeness (QED) is 0.587. The van der Waals surface area contributed by atoms with Crippen molar-refractivity contribution < 1.29 is 9.32 Å². The van der Waals surface area contributed by atoms with E-state index in [1.807, 2.05) is 30.3 Å². The first-order valence-electron chi connectivity index (χ1n) is 8.32. The van der Waals surface area contributed by atoms with Crippen LogP contribution in [0, 0.1) is 0 Å². The van der Waals surface area contributed by atoms with E-state index >= 15 is 0 Å². The molecular formula is C18H14N6O2. The van der Waals surface area contributed by atoms with Crippen LogP contribution in [0.4, 0.5) is 5.95 Å². The Kier molecular flexibility index (Phi) is 3.27. The summed E-state index contributed by atoms with van der Waals surface area (Å²) in [5.41, 5.74) is 3.19. The lowest BCUT2D eigenvalue weighted by molar-refractivity contribution is 0.102. The summed E-state index contributed by atoms with van der Waals surface area (Å²) in [6.07, 6.45) is 3.43. The zero-order chi connectivity index (χ0) is 17.5. The summed E-state index contributed by atoms with van der Waals surface area (Å²) < 4.78 is 5.46. The number of amides is 1. The molecule has 0 saturated heterocycles. The molecule has 1 fully saturated rings. The number of H-pyrrole nitrogens is 1. The molecule has 26 heavy (non-hydrogen) atoms. The normalized spacial score (nSPS) is 13.8. The number of nitrogens with zero attached hydrogens (tertiary/aromatic N) is 4. The van der Waals surface area contributed by atoms with E-state index in [0.717, 1.165) is 24.1 Å². The number of carbonyl (C=O) groups is 1. The highest BCUT2D eigenvalue weighted by atomic mass is 16.5. The molecule has 1 aliphatic carbocycles. The lowest BCUT2D eigenvalue weighted by Crippen LogP contribution is -2.14. The summed E-state index contributed by atoms with van der Waals surface area (Å²) in [4.78, 5) is 21.4. The molecule has 8 heteroatoms. The van der Waals surface area contributed by atoms with Gasteiger partial charge in [-0.05, 0) is 18.9 Å². The highest BCUT2D eigenvalue weighted by Crippen LogP contribution is 2.43. The van der Waals surface area contributed by atoms with Gasteiger partial charge in [-0.1, -0.05) is 35.5 Å². The molecule has 0 unspecified atom stereocenters. The molecule has 3 heterocycles. The predicted octanol–water partition coefficient (Wildman–Crippen LogP) is 3.14. The Morgan fingerprint density at radius 2 is 2.08 bits per heavy atom. The van der Waals surface area contributed by atoms with E-state index in [4.69, 9.17) is 4.52 Å². The van der Waals surface area contributed by atoms with Crippen molar-refractivity contribution in [2.45, 2.75) is 18.8 Å². The van der Waals surface area contributed by atoms with Crippen LogP contribution in [0.1, 0.15) is 34.8 Å². The fourth-order valence-electron chi connectivity index (χ4n) is 2.99. The second-order valence-electron chi connectivity index (χ2n) is 6.23. The Hall–Kier alpha value is -3.55. The van der Waals surface area contributed by atoms with Gasteiger partial charge in [0.2, 0.25) is 5.95 Å². The number of pyridine rings is 1. The topological polar surface area (TPSA) is 110 Å². The zero-order valence-corrected chi connectivity index (χ0v) is 13.6. The molecule has 3 aromatic heterocycles. The Balaban J connectivity index is 1.67. The number of aromatic nitrogens is 5. The number of aromatic amines is 1. The highest BCUT2D eigenvalue weighted by molar-refractivity contribution is 6.12. The van der Waals surface area contributed by atoms with E-state index in [1.165, 1.54) is 6.33 Å². The maximum Gasteiger partial charge on any atom is 0.259 e. The van der Waals surface area contributed by atoms with Gasteiger partial charge in [-0.15, -0.1) is 0 Å². The minimum atomic E-state index is -0.309. The van der Waals surface area contributed by atoms with Crippen LogP contribution in [0.5, 0.6) is 0 Å². The fourth-order valence-corrected chi connectivity index (χ4v) is 2.99. The van der Waals surface area contributed by atoms with Crippen molar-refractivity contribution in [3.05, 3.63) is 54.0 Å². The summed E-state index contributed by atoms with van der Waals surface area (Å²) >= 11 is 0. The van der Waals surface area contributed by atoms with Crippen molar-refractivity contribution in [2.75, 3.05) is 5.32 Å². The number of rotatable bonds is 4. The van der Waals surface area contributed by atoms with Crippen molar-refractivity contribution >= 4 is 23.0 Å². The maximum absolute atomic E-state index is 12.9. The second kappa shape index (κ2) is 5.76. The minimum Gasteiger partial charge on any atom is -0.335 e. The molecule has 8 nitrogen and oxygen atoms in total. The van der Waals surface area contributed by atoms with Gasteiger partial charge in [-0.2, -0.15) is 10.1 Å². The summed E-state index contributed by atoms with van der Waals surface area (Å²) in [6.45, 7) is 0. The molecule has 0 spiro atoms. The third-order valence-electron chi connectivity index (χ3n) is 4.40. The van der Waals surface area contributed by atoms with Crippen LogP contribution < -0.4 is 5.32 Å². The molecule has 5 rings (SSSR count). The summed E-state index contributed by atoms with van der Waals surface area (Å²) in [5.74, 6) is 0.305. The Morgan fingerprint density at radius 1 is 1.23 bits per heavy atom. The number of fused-ring (bicyclic) bond motifs is 1. The lowest BCUT2D eigenvalue weighted by Gasteiger charge is -2.07. The van der Waals surface area contributed by atoms with E-state index in [2.05, 4.69) is 30.6 Å². The van der Waals surface area contributed by atoms with Crippen molar-refractivity contribution in [1.29, 1.82) is 0 Å². The smallest absolute Gasteiger partial charge is 0.259 e. The largest absolute Gasteiger partial charge is 0.335 e. The van der Waals surface area contributed by atoms with Crippen LogP contribution in [-0.4, -0.2) is 31.2 Å². The molecule has 1 aliphatic rings. The minimum absolute atomic E-state index is 0.283. The number of anilines is 1. The molecule has 1 aromatic carbocycles. The van der Waals surface area contributed by atoms with Crippen LogP contribution in [0.15, 0.2) is 47.2 Å². The van der Waals surface area contributed by atoms with E-state index in [1.54, 1.807) is 6.07 Å². The number of carbonyl (C=O) groups excluding carboxylic acids is 1. The standard InChI is InChI=1S/C18H14N6O2/c25-16(22-18-19-9-20-23-18)12-8-13(10-4-2-1-3-5-10)21-17-14(12)15(24-26-17)11-6-7-11/h1-5,8-9,11H,6-7H2,(H2,19,20,22,23,25). The van der Waals surface area contributed by atoms with Crippen molar-refractivity contribution in [1.82, 2.24) is 25.3 Å². The van der Waals surface area contributed by atoms with E-state index in [-0.39, 0.29) is 11.9 Å². The van der Waals surface area contributed by atoms with Gasteiger partial charge in [0.25, 0.3) is 11.6 Å². The van der Waals surface area contributed by atoms with Gasteiger partial charge in [0.15, 0.2) is 0 Å². The van der Waals surface area contributed by atoms with Crippen LogP contribution >= 0.6 is 0 Å². The van der Waals surface area contributed by atoms with Gasteiger partial charge in [0.05, 0.1) is 22.3 Å². The van der Waals surface area contributed by atoms with E-state index < -0.39 is 0 Å². The lowest BCUT2D eigenvalue weighted by atomic mass is 10.0. The van der Waals surface area contributed by atoms with Gasteiger partial charge in [-0.3, -0.25) is 10.1 Å². The summed E-state index contributed by atoms with van der Waals surface area (Å²) in [7, 11) is 0. The van der Waals surface area contributed by atoms with Gasteiger partial charge in [-0.25, -0.2) is 10.1 Å². The van der Waals surface area contributed by atoms with Gasteiger partial charge in [0.1, 0.15) is 6.33 Å². The third-order valence-corrected chi connectivity index (χ3v) is 4.40. The Labute approximate surface area is 147 Å². The van der Waals surface area contributed by atoms with Crippen LogP contribution in [0.3, 0.4) is 0 Å². The maximum atomic E-state index is 12.9. The molecule has 0 radical (unpaired) electrons. The molecule has 4 aromatic rings. The Bertz CT molecular complexity index is 1080. The second-order valence-corrected chi connectivity index (χ2v) is 6.23. The van der Waals surface area contributed by atoms with Crippen molar-refractivity contribution in [3.8, 4) is 11.3 Å². The van der Waals surface area contributed by atoms with Crippen molar-refractivity contribution in [3.63, 3.8) is 0 Å². The van der Waals surface area contributed by atoms with Gasteiger partial charge in [0, 0.05) is 11.5 Å². The van der Waals surface area contributed by atoms with Crippen LogP contribution in [0.2, 0.25) is 0 Å². The average molecular weight is 346 g/mol. The molecule has 0 aliphatic heterocycles. The predicted molar refractivity (Wildman–Crippen MR) is 93.6 cm³/mol. The monoisotopic (exact) mass is 346 g/mol. The molecule has 0 atom stereocenters. The van der Waals surface area contributed by atoms with Crippen LogP contribution in [0.25, 0.3) is 22.4 Å². The summed E-state index contributed by atoms with van der Waals surface area (Å²) in [5, 5.41) is 13.9. The molecule has 2 N–H and O–H groups in total. The third kappa shape index (κ3) is 2.52. The van der Waals surface area contributed by atoms with Gasteiger partial charge < -0.3 is 4.52 Å². The first-order chi connectivity index (χ1) is 12.8. The average Bonchev–Trinajstić information content (AvgIpc) is 3.22. The van der Waals surface area contributed by atoms with E-state index in [9.17, 15) is 4.79 Å². The number of nitrogens with one attached hydrogen (secondary N) is 2. The molecular weight excluding hydrogens is 332 g/mol. The molecule has 0 bridgehead atoms. The molecule has 128 valence electrons. The zero-order valence-electron chi connectivity index (χ0n) is 13.6. The SMILES string of the molecule is O=C(Nc1ncn[nH]1)c1cc(-c2ccccc2)nc2onc(C3CC3)c12. The first kappa shape index (κ1) is 14.8. The van der Waals surface area contributed by atoms with Crippen molar-refractivity contribution in [2.24, 2.45) is 0 Å². The number of hydrogen-bond donors (Lipinski definition) is 2. The highest BCUT2D eigenvalue weighted by Gasteiger charge is 2.32. The number of hydrogen-bond acceptors (Lipinski definition) is 6. The molecule has 1 amide bonds. The van der Waals surface area contributed by atoms with Crippen LogP contribution in [-0.2, 0) is 0 Å². The number of benzene rings is 1. The Morgan fingerprint density at radius 3 is 2.81 bits per heavy atom. The first-order valence-corrected chi connectivity index (χ1v) is 8.32. The molecule has 1 saturated carbocycles. The van der Waals surface area contributed by atoms with Gasteiger partial charge >= 0.3 is 0 Å². The van der Waals surface area contributed by atoms with E-state index in [0.29, 0.717) is 28.3 Å². The summed E-state index contributed by atoms with van der Waals surface area (Å²) in [6, 6.07) is 11.4. The fraction of sp³-hybridized carbons (Fsp3) is 0.167.